The van der Waals surface area contributed by atoms with Crippen molar-refractivity contribution in [1.82, 2.24) is 0 Å². The van der Waals surface area contributed by atoms with E-state index in [1.165, 1.54) is 18.2 Å². The van der Waals surface area contributed by atoms with E-state index < -0.39 is 0 Å². The molecule has 118 valence electrons. The molecule has 1 aliphatic heterocycles. The zero-order valence-electron chi connectivity index (χ0n) is 12.6. The Morgan fingerprint density at radius 1 is 0.909 bits per heavy atom. The zero-order chi connectivity index (χ0) is 16.3. The van der Waals surface area contributed by atoms with Gasteiger partial charge in [-0.3, -0.25) is 0 Å². The molecule has 1 aliphatic rings. The van der Waals surface area contributed by atoms with Crippen LogP contribution in [0.3, 0.4) is 0 Å². The topological polar surface area (TPSA) is 90.2 Å². The Labute approximate surface area is 129 Å². The van der Waals surface area contributed by atoms with Gasteiger partial charge in [-0.05, 0) is 42.2 Å². The third kappa shape index (κ3) is 2.88. The summed E-state index contributed by atoms with van der Waals surface area (Å²) in [6.45, 7) is 4.00. The highest BCUT2D eigenvalue weighted by Crippen LogP contribution is 2.45. The summed E-state index contributed by atoms with van der Waals surface area (Å²) in [7, 11) is 0. The predicted molar refractivity (Wildman–Crippen MR) is 82.6 cm³/mol. The van der Waals surface area contributed by atoms with Crippen LogP contribution in [-0.2, 0) is 6.42 Å². The quantitative estimate of drug-likeness (QED) is 0.604. The fraction of sp³-hybridized carbons (Fsp3) is 0.294. The Kier molecular flexibility index (Phi) is 4.65. The molecular weight excluding hydrogens is 284 g/mol. The number of phenolic OH excluding ortho intramolecular Hbond substituents is 4. The van der Waals surface area contributed by atoms with Crippen LogP contribution in [0, 0.1) is 0 Å². The van der Waals surface area contributed by atoms with Crippen LogP contribution < -0.4 is 4.74 Å². The van der Waals surface area contributed by atoms with Gasteiger partial charge in [0.25, 0.3) is 0 Å². The van der Waals surface area contributed by atoms with Crippen LogP contribution in [0.15, 0.2) is 30.3 Å². The molecule has 0 unspecified atom stereocenters. The number of rotatable bonds is 1. The molecule has 0 fully saturated rings. The predicted octanol–water partition coefficient (Wildman–Crippen LogP) is 3.60. The average Bonchev–Trinajstić information content (AvgIpc) is 2.55. The summed E-state index contributed by atoms with van der Waals surface area (Å²) in [5.74, 6) is -0.621. The van der Waals surface area contributed by atoms with Crippen molar-refractivity contribution in [3.63, 3.8) is 0 Å². The van der Waals surface area contributed by atoms with Crippen LogP contribution in [0.25, 0.3) is 0 Å². The molecule has 0 spiro atoms. The molecule has 1 atom stereocenters. The minimum atomic E-state index is -0.346. The monoisotopic (exact) mass is 304 g/mol. The van der Waals surface area contributed by atoms with Crippen LogP contribution in [-0.4, -0.2) is 20.4 Å². The standard InChI is InChI=1S/C15H14O5.C2H6/c16-10-4-2-9(7-12(10)18)13-6-3-8-1-5-11(17)14(19)15(8)20-13;1-2/h1-2,4-5,7,13,16-19H,3,6H2;1-2H3/t13-;/m0./s1. The van der Waals surface area contributed by atoms with Gasteiger partial charge in [0.15, 0.2) is 23.0 Å². The molecule has 5 heteroatoms. The van der Waals surface area contributed by atoms with E-state index in [-0.39, 0.29) is 34.9 Å². The largest absolute Gasteiger partial charge is 0.504 e. The van der Waals surface area contributed by atoms with Gasteiger partial charge in [-0.15, -0.1) is 0 Å². The molecule has 22 heavy (non-hydrogen) atoms. The Balaban J connectivity index is 0.000000847. The number of ether oxygens (including phenoxy) is 1. The van der Waals surface area contributed by atoms with E-state index in [4.69, 9.17) is 4.74 Å². The molecule has 5 nitrogen and oxygen atoms in total. The number of phenols is 4. The van der Waals surface area contributed by atoms with Crippen molar-refractivity contribution in [2.75, 3.05) is 0 Å². The summed E-state index contributed by atoms with van der Waals surface area (Å²) in [5, 5.41) is 38.2. The number of benzene rings is 2. The van der Waals surface area contributed by atoms with E-state index in [2.05, 4.69) is 0 Å². The highest BCUT2D eigenvalue weighted by atomic mass is 16.5. The summed E-state index contributed by atoms with van der Waals surface area (Å²) >= 11 is 0. The van der Waals surface area contributed by atoms with Crippen molar-refractivity contribution in [1.29, 1.82) is 0 Å². The first-order valence-electron chi connectivity index (χ1n) is 7.28. The van der Waals surface area contributed by atoms with Crippen molar-refractivity contribution in [2.24, 2.45) is 0 Å². The Bertz CT molecular complexity index is 666. The lowest BCUT2D eigenvalue weighted by Gasteiger charge is -2.27. The first kappa shape index (κ1) is 15.8. The van der Waals surface area contributed by atoms with Crippen molar-refractivity contribution < 1.29 is 25.2 Å². The van der Waals surface area contributed by atoms with Gasteiger partial charge in [0.05, 0.1) is 0 Å². The zero-order valence-corrected chi connectivity index (χ0v) is 12.6. The molecule has 1 heterocycles. The summed E-state index contributed by atoms with van der Waals surface area (Å²) < 4.78 is 5.72. The van der Waals surface area contributed by atoms with Crippen molar-refractivity contribution >= 4 is 0 Å². The number of hydrogen-bond acceptors (Lipinski definition) is 5. The second-order valence-electron chi connectivity index (χ2n) is 4.81. The first-order valence-corrected chi connectivity index (χ1v) is 7.28. The average molecular weight is 304 g/mol. The molecular formula is C17H20O5. The van der Waals surface area contributed by atoms with E-state index in [9.17, 15) is 20.4 Å². The highest BCUT2D eigenvalue weighted by molar-refractivity contribution is 5.55. The van der Waals surface area contributed by atoms with E-state index >= 15 is 0 Å². The summed E-state index contributed by atoms with van der Waals surface area (Å²) in [4.78, 5) is 0. The van der Waals surface area contributed by atoms with Gasteiger partial charge in [0.1, 0.15) is 6.10 Å². The molecule has 2 aromatic carbocycles. The fourth-order valence-corrected chi connectivity index (χ4v) is 2.39. The van der Waals surface area contributed by atoms with Gasteiger partial charge < -0.3 is 25.2 Å². The summed E-state index contributed by atoms with van der Waals surface area (Å²) in [6, 6.07) is 7.64. The van der Waals surface area contributed by atoms with Crippen molar-refractivity contribution in [3.8, 4) is 28.7 Å². The summed E-state index contributed by atoms with van der Waals surface area (Å²) in [5.41, 5.74) is 1.54. The molecule has 0 aliphatic carbocycles. The van der Waals surface area contributed by atoms with Crippen LogP contribution >= 0.6 is 0 Å². The maximum atomic E-state index is 9.84. The van der Waals surface area contributed by atoms with Gasteiger partial charge >= 0.3 is 0 Å². The van der Waals surface area contributed by atoms with E-state index in [0.717, 1.165) is 5.56 Å². The van der Waals surface area contributed by atoms with Crippen LogP contribution in [0.2, 0.25) is 0 Å². The van der Waals surface area contributed by atoms with Gasteiger partial charge in [0.2, 0.25) is 5.75 Å². The molecule has 0 bridgehead atoms. The summed E-state index contributed by atoms with van der Waals surface area (Å²) in [6.07, 6.45) is 1.03. The van der Waals surface area contributed by atoms with E-state index in [1.54, 1.807) is 12.1 Å². The second kappa shape index (κ2) is 6.47. The van der Waals surface area contributed by atoms with Crippen LogP contribution in [0.1, 0.15) is 37.5 Å². The first-order chi connectivity index (χ1) is 10.6. The van der Waals surface area contributed by atoms with Gasteiger partial charge in [-0.2, -0.15) is 0 Å². The molecule has 4 N–H and O–H groups in total. The Hall–Kier alpha value is -2.56. The maximum Gasteiger partial charge on any atom is 0.200 e. The molecule has 0 saturated heterocycles. The molecule has 2 aromatic rings. The van der Waals surface area contributed by atoms with Gasteiger partial charge in [-0.1, -0.05) is 26.0 Å². The van der Waals surface area contributed by atoms with Crippen LogP contribution in [0.4, 0.5) is 0 Å². The number of hydrogen-bond donors (Lipinski definition) is 4. The van der Waals surface area contributed by atoms with Crippen molar-refractivity contribution in [3.05, 3.63) is 41.5 Å². The van der Waals surface area contributed by atoms with Crippen molar-refractivity contribution in [2.45, 2.75) is 32.8 Å². The Morgan fingerprint density at radius 3 is 2.27 bits per heavy atom. The highest BCUT2D eigenvalue weighted by Gasteiger charge is 2.25. The minimum Gasteiger partial charge on any atom is -0.504 e. The number of fused-ring (bicyclic) bond motifs is 1. The number of aryl methyl sites for hydroxylation is 1. The third-order valence-corrected chi connectivity index (χ3v) is 3.50. The molecule has 0 aromatic heterocycles. The molecule has 3 rings (SSSR count). The molecule has 0 saturated carbocycles. The van der Waals surface area contributed by atoms with E-state index in [0.29, 0.717) is 18.4 Å². The smallest absolute Gasteiger partial charge is 0.200 e. The van der Waals surface area contributed by atoms with Crippen LogP contribution in [0.5, 0.6) is 28.7 Å². The fourth-order valence-electron chi connectivity index (χ4n) is 2.39. The second-order valence-corrected chi connectivity index (χ2v) is 4.81. The SMILES string of the molecule is CC.Oc1ccc([C@@H]2CCc3ccc(O)c(O)c3O2)cc1O. The lowest BCUT2D eigenvalue weighted by molar-refractivity contribution is 0.167. The van der Waals surface area contributed by atoms with Gasteiger partial charge in [0, 0.05) is 0 Å². The molecule has 0 radical (unpaired) electrons. The van der Waals surface area contributed by atoms with E-state index in [1.807, 2.05) is 13.8 Å². The molecule has 0 amide bonds. The number of aromatic hydroxyl groups is 4. The minimum absolute atomic E-state index is 0.189. The normalized spacial score (nSPS) is 16.0. The Morgan fingerprint density at radius 2 is 1.59 bits per heavy atom. The van der Waals surface area contributed by atoms with Gasteiger partial charge in [-0.25, -0.2) is 0 Å². The lowest BCUT2D eigenvalue weighted by atomic mass is 9.96. The lowest BCUT2D eigenvalue weighted by Crippen LogP contribution is -2.15. The third-order valence-electron chi connectivity index (χ3n) is 3.50. The maximum absolute atomic E-state index is 9.84.